The van der Waals surface area contributed by atoms with Gasteiger partial charge in [0.25, 0.3) is 0 Å². The van der Waals surface area contributed by atoms with Gasteiger partial charge < -0.3 is 11.1 Å². The third-order valence-electron chi connectivity index (χ3n) is 4.58. The molecule has 2 aliphatic rings. The SMILES string of the molecule is NC1C2CCC(C2)C1C(=O)NCCc1ccc(I)s1. The molecule has 4 atom stereocenters. The van der Waals surface area contributed by atoms with Gasteiger partial charge in [-0.15, -0.1) is 11.3 Å². The number of halogens is 1. The second-order valence-electron chi connectivity index (χ2n) is 5.68. The van der Waals surface area contributed by atoms with E-state index in [1.54, 1.807) is 11.3 Å². The molecule has 3 nitrogen and oxygen atoms in total. The van der Waals surface area contributed by atoms with Gasteiger partial charge in [-0.25, -0.2) is 0 Å². The van der Waals surface area contributed by atoms with Crippen molar-refractivity contribution >= 4 is 39.8 Å². The largest absolute Gasteiger partial charge is 0.355 e. The molecule has 2 bridgehead atoms. The average Bonchev–Trinajstić information content (AvgIpc) is 3.05. The Bertz CT molecular complexity index is 474. The van der Waals surface area contributed by atoms with Crippen LogP contribution in [0.15, 0.2) is 12.1 Å². The molecule has 1 heterocycles. The van der Waals surface area contributed by atoms with E-state index in [2.05, 4.69) is 40.0 Å². The van der Waals surface area contributed by atoms with Crippen molar-refractivity contribution in [3.8, 4) is 0 Å². The molecule has 2 saturated carbocycles. The van der Waals surface area contributed by atoms with Gasteiger partial charge in [-0.2, -0.15) is 0 Å². The first kappa shape index (κ1) is 13.8. The molecule has 19 heavy (non-hydrogen) atoms. The highest BCUT2D eigenvalue weighted by Gasteiger charge is 2.48. The zero-order valence-electron chi connectivity index (χ0n) is 10.8. The molecule has 0 saturated heterocycles. The van der Waals surface area contributed by atoms with Gasteiger partial charge in [0.2, 0.25) is 5.91 Å². The predicted molar refractivity (Wildman–Crippen MR) is 86.0 cm³/mol. The monoisotopic (exact) mass is 390 g/mol. The maximum absolute atomic E-state index is 12.3. The Labute approximate surface area is 131 Å². The summed E-state index contributed by atoms with van der Waals surface area (Å²) in [5.74, 6) is 1.40. The van der Waals surface area contributed by atoms with Crippen LogP contribution in [0.1, 0.15) is 24.1 Å². The molecule has 0 aromatic carbocycles. The van der Waals surface area contributed by atoms with Crippen molar-refractivity contribution in [2.75, 3.05) is 6.54 Å². The summed E-state index contributed by atoms with van der Waals surface area (Å²) in [4.78, 5) is 13.6. The quantitative estimate of drug-likeness (QED) is 0.776. The second kappa shape index (κ2) is 5.69. The van der Waals surface area contributed by atoms with E-state index in [1.807, 2.05) is 0 Å². The van der Waals surface area contributed by atoms with Crippen LogP contribution in [0.5, 0.6) is 0 Å². The van der Waals surface area contributed by atoms with Crippen molar-refractivity contribution in [3.63, 3.8) is 0 Å². The van der Waals surface area contributed by atoms with E-state index in [1.165, 1.54) is 27.0 Å². The fraction of sp³-hybridized carbons (Fsp3) is 0.643. The molecule has 1 aromatic rings. The number of carbonyl (C=O) groups excluding carboxylic acids is 1. The first-order valence-electron chi connectivity index (χ1n) is 6.92. The number of carbonyl (C=O) groups is 1. The Morgan fingerprint density at radius 2 is 2.21 bits per heavy atom. The maximum Gasteiger partial charge on any atom is 0.224 e. The molecule has 2 aliphatic carbocycles. The summed E-state index contributed by atoms with van der Waals surface area (Å²) < 4.78 is 1.30. The van der Waals surface area contributed by atoms with Gasteiger partial charge in [0.05, 0.1) is 8.80 Å². The first-order chi connectivity index (χ1) is 9.15. The molecule has 0 spiro atoms. The van der Waals surface area contributed by atoms with Crippen LogP contribution in [-0.2, 0) is 11.2 Å². The minimum atomic E-state index is 0.0715. The number of nitrogens with two attached hydrogens (primary N) is 1. The molecule has 104 valence electrons. The van der Waals surface area contributed by atoms with E-state index in [9.17, 15) is 4.79 Å². The molecule has 5 heteroatoms. The molecule has 2 fully saturated rings. The van der Waals surface area contributed by atoms with Gasteiger partial charge >= 0.3 is 0 Å². The van der Waals surface area contributed by atoms with Crippen LogP contribution >= 0.6 is 33.9 Å². The Hall–Kier alpha value is -0.140. The zero-order valence-corrected chi connectivity index (χ0v) is 13.7. The number of hydrogen-bond donors (Lipinski definition) is 2. The smallest absolute Gasteiger partial charge is 0.224 e. The predicted octanol–water partition coefficient (Wildman–Crippen LogP) is 2.38. The van der Waals surface area contributed by atoms with Crippen LogP contribution < -0.4 is 11.1 Å². The second-order valence-corrected chi connectivity index (χ2v) is 8.75. The van der Waals surface area contributed by atoms with Crippen molar-refractivity contribution in [2.24, 2.45) is 23.5 Å². The van der Waals surface area contributed by atoms with Crippen LogP contribution in [-0.4, -0.2) is 18.5 Å². The fourth-order valence-corrected chi connectivity index (χ4v) is 5.39. The van der Waals surface area contributed by atoms with Gasteiger partial charge in [-0.3, -0.25) is 4.79 Å². The molecular weight excluding hydrogens is 371 g/mol. The molecule has 1 aromatic heterocycles. The Balaban J connectivity index is 1.49. The van der Waals surface area contributed by atoms with E-state index in [4.69, 9.17) is 5.73 Å². The Morgan fingerprint density at radius 3 is 2.84 bits per heavy atom. The lowest BCUT2D eigenvalue weighted by molar-refractivity contribution is -0.127. The normalized spacial score (nSPS) is 32.7. The van der Waals surface area contributed by atoms with E-state index >= 15 is 0 Å². The number of rotatable bonds is 4. The molecule has 3 rings (SSSR count). The van der Waals surface area contributed by atoms with E-state index in [-0.39, 0.29) is 17.9 Å². The van der Waals surface area contributed by atoms with Gasteiger partial charge in [0, 0.05) is 17.5 Å². The first-order valence-corrected chi connectivity index (χ1v) is 8.82. The number of hydrogen-bond acceptors (Lipinski definition) is 3. The van der Waals surface area contributed by atoms with Gasteiger partial charge in [0.15, 0.2) is 0 Å². The third kappa shape index (κ3) is 2.83. The Morgan fingerprint density at radius 1 is 1.42 bits per heavy atom. The van der Waals surface area contributed by atoms with Gasteiger partial charge in [-0.1, -0.05) is 0 Å². The molecule has 4 unspecified atom stereocenters. The van der Waals surface area contributed by atoms with Crippen LogP contribution in [0, 0.1) is 20.6 Å². The third-order valence-corrected chi connectivity index (χ3v) is 6.54. The van der Waals surface area contributed by atoms with E-state index in [0.29, 0.717) is 11.8 Å². The number of amides is 1. The average molecular weight is 390 g/mol. The van der Waals surface area contributed by atoms with Crippen molar-refractivity contribution < 1.29 is 4.79 Å². The molecule has 0 radical (unpaired) electrons. The molecule has 0 aliphatic heterocycles. The molecule has 3 N–H and O–H groups in total. The van der Waals surface area contributed by atoms with Crippen LogP contribution in [0.4, 0.5) is 0 Å². The van der Waals surface area contributed by atoms with Gasteiger partial charge in [0.1, 0.15) is 0 Å². The highest BCUT2D eigenvalue weighted by Crippen LogP contribution is 2.47. The van der Waals surface area contributed by atoms with E-state index in [0.717, 1.165) is 13.0 Å². The minimum absolute atomic E-state index is 0.0715. The van der Waals surface area contributed by atoms with Gasteiger partial charge in [-0.05, 0) is 72.2 Å². The summed E-state index contributed by atoms with van der Waals surface area (Å²) in [6, 6.07) is 4.36. The highest BCUT2D eigenvalue weighted by atomic mass is 127. The highest BCUT2D eigenvalue weighted by molar-refractivity contribution is 14.1. The summed E-state index contributed by atoms with van der Waals surface area (Å²) in [6.45, 7) is 0.732. The number of nitrogens with one attached hydrogen (secondary N) is 1. The summed E-state index contributed by atoms with van der Waals surface area (Å²) >= 11 is 4.12. The summed E-state index contributed by atoms with van der Waals surface area (Å²) in [6.07, 6.45) is 4.51. The lowest BCUT2D eigenvalue weighted by Gasteiger charge is -2.26. The van der Waals surface area contributed by atoms with Crippen LogP contribution in [0.2, 0.25) is 0 Å². The summed E-state index contributed by atoms with van der Waals surface area (Å²) in [5, 5.41) is 3.08. The Kier molecular flexibility index (Phi) is 4.14. The lowest BCUT2D eigenvalue weighted by Crippen LogP contribution is -2.45. The van der Waals surface area contributed by atoms with Crippen LogP contribution in [0.25, 0.3) is 0 Å². The summed E-state index contributed by atoms with van der Waals surface area (Å²) in [7, 11) is 0. The molecule has 1 amide bonds. The lowest BCUT2D eigenvalue weighted by atomic mass is 9.84. The minimum Gasteiger partial charge on any atom is -0.355 e. The van der Waals surface area contributed by atoms with Crippen LogP contribution in [0.3, 0.4) is 0 Å². The number of fused-ring (bicyclic) bond motifs is 2. The topological polar surface area (TPSA) is 55.1 Å². The maximum atomic E-state index is 12.3. The summed E-state index contributed by atoms with van der Waals surface area (Å²) in [5.41, 5.74) is 6.19. The fourth-order valence-electron chi connectivity index (χ4n) is 3.64. The zero-order chi connectivity index (χ0) is 13.4. The van der Waals surface area contributed by atoms with E-state index < -0.39 is 0 Å². The van der Waals surface area contributed by atoms with Crippen molar-refractivity contribution in [1.29, 1.82) is 0 Å². The van der Waals surface area contributed by atoms with Crippen molar-refractivity contribution in [1.82, 2.24) is 5.32 Å². The number of thiophene rings is 1. The standard InChI is InChI=1S/C14H19IN2OS/c15-11-4-3-10(19-11)5-6-17-14(18)12-8-1-2-9(7-8)13(12)16/h3-4,8-9,12-13H,1-2,5-7,16H2,(H,17,18). The van der Waals surface area contributed by atoms with Crippen molar-refractivity contribution in [3.05, 3.63) is 19.9 Å². The molecular formula is C14H19IN2OS. The van der Waals surface area contributed by atoms with Crippen molar-refractivity contribution in [2.45, 2.75) is 31.7 Å².